The van der Waals surface area contributed by atoms with Crippen LogP contribution in [0.3, 0.4) is 0 Å². The van der Waals surface area contributed by atoms with Crippen molar-refractivity contribution in [2.45, 2.75) is 71.4 Å². The summed E-state index contributed by atoms with van der Waals surface area (Å²) < 4.78 is 25.7. The summed E-state index contributed by atoms with van der Waals surface area (Å²) in [6.45, 7) is 14.2. The summed E-state index contributed by atoms with van der Waals surface area (Å²) in [5, 5.41) is 20.4. The molecule has 0 aliphatic heterocycles. The lowest BCUT2D eigenvalue weighted by atomic mass is 10.2. The number of ether oxygens (including phenoxy) is 2. The first kappa shape index (κ1) is 45.8. The second-order valence-electron chi connectivity index (χ2n) is 15.0. The molecule has 0 saturated heterocycles. The van der Waals surface area contributed by atoms with Crippen molar-refractivity contribution < 1.29 is 33.0 Å². The minimum atomic E-state index is -1.89. The fourth-order valence-electron chi connectivity index (χ4n) is 7.46. The summed E-state index contributed by atoms with van der Waals surface area (Å²) in [6, 6.07) is 13.6. The van der Waals surface area contributed by atoms with Gasteiger partial charge in [-0.3, -0.25) is 4.79 Å². The number of carboxylic acids is 1. The lowest BCUT2D eigenvalue weighted by molar-refractivity contribution is 0.0698. The highest BCUT2D eigenvalue weighted by molar-refractivity contribution is 6.93. The Morgan fingerprint density at radius 1 is 0.778 bits per heavy atom. The van der Waals surface area contributed by atoms with Crippen LogP contribution in [-0.4, -0.2) is 64.2 Å². The van der Waals surface area contributed by atoms with Gasteiger partial charge in [-0.25, -0.2) is 33.8 Å². The van der Waals surface area contributed by atoms with Crippen molar-refractivity contribution >= 4 is 71.3 Å². The van der Waals surface area contributed by atoms with E-state index in [1.807, 2.05) is 0 Å². The molecule has 0 spiro atoms. The number of anilines is 2. The molecule has 1 amide bonds. The first-order chi connectivity index (χ1) is 30.2. The molecule has 0 radical (unpaired) electrons. The summed E-state index contributed by atoms with van der Waals surface area (Å²) in [6.07, 6.45) is 13.9. The molecule has 6 heterocycles. The minimum Gasteiger partial charge on any atom is -0.483 e. The van der Waals surface area contributed by atoms with Crippen molar-refractivity contribution in [2.24, 2.45) is 0 Å². The van der Waals surface area contributed by atoms with Gasteiger partial charge in [0.1, 0.15) is 35.8 Å². The van der Waals surface area contributed by atoms with Crippen LogP contribution in [0, 0.1) is 0 Å². The number of nitrogens with one attached hydrogen (secondary N) is 1. The Morgan fingerprint density at radius 2 is 1.35 bits per heavy atom. The van der Waals surface area contributed by atoms with Crippen LogP contribution in [0.2, 0.25) is 26.7 Å². The van der Waals surface area contributed by atoms with Gasteiger partial charge < -0.3 is 34.5 Å². The molecule has 0 fully saturated rings. The molecule has 8 aromatic rings. The van der Waals surface area contributed by atoms with Crippen molar-refractivity contribution in [1.29, 1.82) is 0 Å². The Labute approximate surface area is 373 Å². The van der Waals surface area contributed by atoms with Crippen molar-refractivity contribution in [2.75, 3.05) is 11.1 Å². The van der Waals surface area contributed by atoms with E-state index < -0.39 is 14.0 Å². The second kappa shape index (κ2) is 20.4. The quantitative estimate of drug-likeness (QED) is 0.0725. The second-order valence-corrected chi connectivity index (χ2v) is 21.7. The fourth-order valence-corrected chi connectivity index (χ4v) is 13.9. The first-order valence-electron chi connectivity index (χ1n) is 19.7. The molecule has 328 valence electrons. The van der Waals surface area contributed by atoms with Crippen molar-refractivity contribution in [3.05, 3.63) is 137 Å². The number of carboxylic acid groups (broad SMARTS) is 1. The number of amides is 1. The van der Waals surface area contributed by atoms with Gasteiger partial charge in [0.05, 0.1) is 36.2 Å². The van der Waals surface area contributed by atoms with Crippen LogP contribution < -0.4 is 26.0 Å². The molecule has 8 rings (SSSR count). The lowest BCUT2D eigenvalue weighted by Crippen LogP contribution is -2.56. The normalized spacial score (nSPS) is 11.3. The van der Waals surface area contributed by atoms with E-state index in [0.29, 0.717) is 78.8 Å². The van der Waals surface area contributed by atoms with Gasteiger partial charge in [0.2, 0.25) is 0 Å². The lowest BCUT2D eigenvalue weighted by Gasteiger charge is -2.39. The van der Waals surface area contributed by atoms with Crippen LogP contribution in [-0.2, 0) is 13.2 Å². The van der Waals surface area contributed by atoms with Gasteiger partial charge in [0, 0.05) is 34.8 Å². The topological polar surface area (TPSA) is 223 Å². The highest BCUT2D eigenvalue weighted by Crippen LogP contribution is 2.41. The molecule has 0 aliphatic rings. The standard InChI is InChI=1S/C19H29ClN2O2Si.C17H12ClN5O3.C7H5N3O2/c1-12(2)25(13(3)4,14(5)6)19-22-10-16(24-19)11-23-18-8-7-15(20)9-17(18)21;18-11-2-3-15(25-9-12-7-19-10-26-12)14(6-11)22-17(24)13-8-21-23-5-1-4-20-16(13)23;11-7(12)5-4-9-10-3-1-2-8-6(5)10/h7-10,12-14H,11,21H2,1-6H3;1-8,10H,9H2,(H,22,24);1-4H,(H,11,12). The summed E-state index contributed by atoms with van der Waals surface area (Å²) in [4.78, 5) is 39.8. The molecule has 17 nitrogen and oxygen atoms in total. The zero-order valence-electron chi connectivity index (χ0n) is 35.3. The predicted octanol–water partition coefficient (Wildman–Crippen LogP) is 9.00. The average molecular weight is 914 g/mol. The molecule has 6 aromatic heterocycles. The Bertz CT molecular complexity index is 2770. The number of nitrogens with zero attached hydrogens (tertiary/aromatic N) is 8. The highest BCUT2D eigenvalue weighted by atomic mass is 35.5. The number of carbonyl (C=O) groups excluding carboxylic acids is 1. The molecular weight excluding hydrogens is 868 g/mol. The summed E-state index contributed by atoms with van der Waals surface area (Å²) in [5.74, 6) is 0.951. The first-order valence-corrected chi connectivity index (χ1v) is 22.7. The van der Waals surface area contributed by atoms with E-state index >= 15 is 0 Å². The van der Waals surface area contributed by atoms with Crippen LogP contribution in [0.25, 0.3) is 11.3 Å². The molecular formula is C43H46Cl2N10O7Si. The number of aromatic carboxylic acids is 1. The number of nitrogen functional groups attached to an aromatic ring is 1. The average Bonchev–Trinajstić information content (AvgIpc) is 4.08. The molecule has 63 heavy (non-hydrogen) atoms. The maximum Gasteiger partial charge on any atom is 0.341 e. The molecule has 0 atom stereocenters. The maximum atomic E-state index is 12.7. The number of carbonyl (C=O) groups is 2. The number of oxazole rings is 2. The Kier molecular flexibility index (Phi) is 14.8. The summed E-state index contributed by atoms with van der Waals surface area (Å²) in [7, 11) is -1.89. The number of hydrogen-bond donors (Lipinski definition) is 3. The van der Waals surface area contributed by atoms with E-state index in [2.05, 4.69) is 77.0 Å². The van der Waals surface area contributed by atoms with Gasteiger partial charge in [-0.05, 0) is 65.2 Å². The van der Waals surface area contributed by atoms with Gasteiger partial charge in [0.15, 0.2) is 42.8 Å². The predicted molar refractivity (Wildman–Crippen MR) is 241 cm³/mol. The third-order valence-electron chi connectivity index (χ3n) is 10.2. The molecule has 0 saturated carbocycles. The van der Waals surface area contributed by atoms with E-state index in [1.165, 1.54) is 34.0 Å². The van der Waals surface area contributed by atoms with Crippen LogP contribution in [0.15, 0.2) is 113 Å². The van der Waals surface area contributed by atoms with Crippen LogP contribution >= 0.6 is 23.2 Å². The van der Waals surface area contributed by atoms with Crippen molar-refractivity contribution in [3.63, 3.8) is 0 Å². The van der Waals surface area contributed by atoms with E-state index in [9.17, 15) is 9.59 Å². The monoisotopic (exact) mass is 912 g/mol. The number of benzene rings is 2. The number of nitrogens with two attached hydrogens (primary N) is 1. The van der Waals surface area contributed by atoms with Crippen molar-refractivity contribution in [3.8, 4) is 11.5 Å². The molecule has 0 aliphatic carbocycles. The Hall–Kier alpha value is -6.76. The number of rotatable bonds is 13. The van der Waals surface area contributed by atoms with Gasteiger partial charge in [-0.15, -0.1) is 0 Å². The highest BCUT2D eigenvalue weighted by Gasteiger charge is 2.49. The minimum absolute atomic E-state index is 0.121. The molecule has 20 heteroatoms. The van der Waals surface area contributed by atoms with Crippen LogP contribution in [0.5, 0.6) is 11.5 Å². The van der Waals surface area contributed by atoms with Crippen LogP contribution in [0.1, 0.15) is 73.8 Å². The van der Waals surface area contributed by atoms with E-state index in [1.54, 1.807) is 79.5 Å². The van der Waals surface area contributed by atoms with Gasteiger partial charge in [-0.1, -0.05) is 64.7 Å². The molecule has 0 unspecified atom stereocenters. The van der Waals surface area contributed by atoms with E-state index in [0.717, 1.165) is 11.3 Å². The molecule has 4 N–H and O–H groups in total. The summed E-state index contributed by atoms with van der Waals surface area (Å²) >= 11 is 12.0. The third kappa shape index (κ3) is 10.7. The van der Waals surface area contributed by atoms with E-state index in [-0.39, 0.29) is 18.1 Å². The number of hydrogen-bond acceptors (Lipinski definition) is 13. The van der Waals surface area contributed by atoms with Gasteiger partial charge >= 0.3 is 5.97 Å². The number of aromatic nitrogens is 8. The van der Waals surface area contributed by atoms with E-state index in [4.69, 9.17) is 52.4 Å². The number of fused-ring (bicyclic) bond motifs is 2. The zero-order chi connectivity index (χ0) is 45.3. The Morgan fingerprint density at radius 3 is 1.94 bits per heavy atom. The van der Waals surface area contributed by atoms with Crippen LogP contribution in [0.4, 0.5) is 11.4 Å². The third-order valence-corrected chi connectivity index (χ3v) is 17.4. The number of halogens is 2. The maximum absolute atomic E-state index is 12.7. The smallest absolute Gasteiger partial charge is 0.341 e. The molecule has 2 aromatic carbocycles. The van der Waals surface area contributed by atoms with Gasteiger partial charge in [-0.2, -0.15) is 10.2 Å². The SMILES string of the molecule is CC(C)[Si](c1ncc(COc2ccc(Cl)cc2N)o1)(C(C)C)C(C)C.O=C(Nc1cc(Cl)ccc1OCc1cnco1)c1cnn2cccnc12.O=C(O)c1cnn2cccnc12. The molecule has 0 bridgehead atoms. The summed E-state index contributed by atoms with van der Waals surface area (Å²) in [5.41, 5.74) is 10.7. The van der Waals surface area contributed by atoms with Gasteiger partial charge in [0.25, 0.3) is 5.91 Å². The Balaban J connectivity index is 0.000000167. The van der Waals surface area contributed by atoms with Crippen molar-refractivity contribution in [1.82, 2.24) is 39.2 Å². The fraction of sp³-hybridized carbons (Fsp3) is 0.256. The zero-order valence-corrected chi connectivity index (χ0v) is 37.8. The largest absolute Gasteiger partial charge is 0.483 e.